The van der Waals surface area contributed by atoms with Gasteiger partial charge in [0.1, 0.15) is 0 Å². The van der Waals surface area contributed by atoms with Gasteiger partial charge in [-0.3, -0.25) is 0 Å². The van der Waals surface area contributed by atoms with Crippen molar-refractivity contribution in [3.05, 3.63) is 35.7 Å². The van der Waals surface area contributed by atoms with Gasteiger partial charge in [-0.2, -0.15) is 18.2 Å². The minimum Gasteiger partial charge on any atom is -0.334 e. The van der Waals surface area contributed by atoms with Gasteiger partial charge < -0.3 is 10.3 Å². The molecule has 4 nitrogen and oxygen atoms in total. The maximum Gasteiger partial charge on any atom is 0.416 e. The van der Waals surface area contributed by atoms with Crippen LogP contribution >= 0.6 is 0 Å². The first-order chi connectivity index (χ1) is 8.00. The molecule has 1 aromatic carbocycles. The highest BCUT2D eigenvalue weighted by atomic mass is 19.4. The van der Waals surface area contributed by atoms with Crippen molar-refractivity contribution >= 4 is 0 Å². The molecule has 90 valence electrons. The largest absolute Gasteiger partial charge is 0.416 e. The lowest BCUT2D eigenvalue weighted by atomic mass is 10.1. The van der Waals surface area contributed by atoms with Crippen molar-refractivity contribution in [3.8, 4) is 11.5 Å². The molecule has 0 aliphatic carbocycles. The molecule has 2 N–H and O–H groups in total. The van der Waals surface area contributed by atoms with Crippen LogP contribution in [0.2, 0.25) is 0 Å². The molecule has 1 aromatic heterocycles. The molecule has 0 aliphatic heterocycles. The van der Waals surface area contributed by atoms with Gasteiger partial charge in [0.15, 0.2) is 5.82 Å². The van der Waals surface area contributed by atoms with E-state index in [1.165, 1.54) is 12.1 Å². The van der Waals surface area contributed by atoms with E-state index in [1.54, 1.807) is 0 Å². The van der Waals surface area contributed by atoms with Crippen molar-refractivity contribution in [1.82, 2.24) is 10.1 Å². The summed E-state index contributed by atoms with van der Waals surface area (Å²) in [6, 6.07) is 4.67. The Bertz CT molecular complexity index is 522. The van der Waals surface area contributed by atoms with Gasteiger partial charge in [0.05, 0.1) is 12.1 Å². The molecule has 0 saturated carbocycles. The molecular weight excluding hydrogens is 235 g/mol. The number of benzene rings is 1. The SMILES string of the molecule is NCc1noc(-c2cccc(C(F)(F)F)c2)n1. The van der Waals surface area contributed by atoms with Crippen LogP contribution in [0, 0.1) is 0 Å². The zero-order valence-corrected chi connectivity index (χ0v) is 8.53. The van der Waals surface area contributed by atoms with E-state index in [4.69, 9.17) is 10.3 Å². The zero-order chi connectivity index (χ0) is 12.5. The van der Waals surface area contributed by atoms with Crippen molar-refractivity contribution < 1.29 is 17.7 Å². The van der Waals surface area contributed by atoms with Crippen LogP contribution in [0.1, 0.15) is 11.4 Å². The second-order valence-electron chi connectivity index (χ2n) is 3.30. The van der Waals surface area contributed by atoms with E-state index < -0.39 is 11.7 Å². The van der Waals surface area contributed by atoms with Crippen LogP contribution in [0.25, 0.3) is 11.5 Å². The molecule has 0 atom stereocenters. The Morgan fingerprint density at radius 2 is 2.06 bits per heavy atom. The first-order valence-electron chi connectivity index (χ1n) is 4.71. The molecule has 0 radical (unpaired) electrons. The topological polar surface area (TPSA) is 64.9 Å². The first kappa shape index (κ1) is 11.6. The lowest BCUT2D eigenvalue weighted by Gasteiger charge is -2.06. The Hall–Kier alpha value is -1.89. The summed E-state index contributed by atoms with van der Waals surface area (Å²) in [5.41, 5.74) is 4.73. The van der Waals surface area contributed by atoms with Crippen molar-refractivity contribution in [2.75, 3.05) is 0 Å². The van der Waals surface area contributed by atoms with Crippen LogP contribution in [0.5, 0.6) is 0 Å². The Morgan fingerprint density at radius 3 is 2.65 bits per heavy atom. The maximum absolute atomic E-state index is 12.5. The third-order valence-electron chi connectivity index (χ3n) is 2.09. The Labute approximate surface area is 94.2 Å². The quantitative estimate of drug-likeness (QED) is 0.878. The lowest BCUT2D eigenvalue weighted by Crippen LogP contribution is -2.04. The summed E-state index contributed by atoms with van der Waals surface area (Å²) in [6.07, 6.45) is -4.40. The fourth-order valence-electron chi connectivity index (χ4n) is 1.28. The summed E-state index contributed by atoms with van der Waals surface area (Å²) in [5, 5.41) is 3.51. The number of hydrogen-bond acceptors (Lipinski definition) is 4. The van der Waals surface area contributed by atoms with Crippen molar-refractivity contribution in [2.24, 2.45) is 5.73 Å². The molecule has 17 heavy (non-hydrogen) atoms. The van der Waals surface area contributed by atoms with E-state index in [0.29, 0.717) is 0 Å². The van der Waals surface area contributed by atoms with E-state index in [2.05, 4.69) is 10.1 Å². The number of alkyl halides is 3. The first-order valence-corrected chi connectivity index (χ1v) is 4.71. The van der Waals surface area contributed by atoms with Gasteiger partial charge in [-0.15, -0.1) is 0 Å². The molecule has 0 spiro atoms. The van der Waals surface area contributed by atoms with Gasteiger partial charge in [-0.05, 0) is 18.2 Å². The monoisotopic (exact) mass is 243 g/mol. The molecule has 2 rings (SSSR count). The number of hydrogen-bond donors (Lipinski definition) is 1. The Kier molecular flexibility index (Phi) is 2.84. The smallest absolute Gasteiger partial charge is 0.334 e. The molecule has 2 aromatic rings. The highest BCUT2D eigenvalue weighted by Gasteiger charge is 2.30. The number of halogens is 3. The number of nitrogens with two attached hydrogens (primary N) is 1. The molecule has 0 saturated heterocycles. The average molecular weight is 243 g/mol. The molecule has 0 aliphatic rings. The molecule has 0 amide bonds. The molecule has 0 fully saturated rings. The van der Waals surface area contributed by atoms with Crippen LogP contribution in [-0.4, -0.2) is 10.1 Å². The fourth-order valence-corrected chi connectivity index (χ4v) is 1.28. The van der Waals surface area contributed by atoms with Crippen LogP contribution in [-0.2, 0) is 12.7 Å². The summed E-state index contributed by atoms with van der Waals surface area (Å²) in [6.45, 7) is 0.0719. The highest BCUT2D eigenvalue weighted by Crippen LogP contribution is 2.31. The number of nitrogens with zero attached hydrogens (tertiary/aromatic N) is 2. The minimum absolute atomic E-state index is 0.0246. The summed E-state index contributed by atoms with van der Waals surface area (Å²) in [4.78, 5) is 3.85. The van der Waals surface area contributed by atoms with Gasteiger partial charge in [-0.1, -0.05) is 11.2 Å². The van der Waals surface area contributed by atoms with E-state index >= 15 is 0 Å². The van der Waals surface area contributed by atoms with E-state index in [0.717, 1.165) is 12.1 Å². The van der Waals surface area contributed by atoms with Crippen LogP contribution in [0.15, 0.2) is 28.8 Å². The molecule has 1 heterocycles. The number of aromatic nitrogens is 2. The van der Waals surface area contributed by atoms with Crippen molar-refractivity contribution in [2.45, 2.75) is 12.7 Å². The average Bonchev–Trinajstić information content (AvgIpc) is 2.76. The molecular formula is C10H8F3N3O. The summed E-state index contributed by atoms with van der Waals surface area (Å²) in [7, 11) is 0. The highest BCUT2D eigenvalue weighted by molar-refractivity contribution is 5.54. The summed E-state index contributed by atoms with van der Waals surface area (Å²) >= 11 is 0. The lowest BCUT2D eigenvalue weighted by molar-refractivity contribution is -0.137. The fraction of sp³-hybridized carbons (Fsp3) is 0.200. The normalized spacial score (nSPS) is 11.8. The van der Waals surface area contributed by atoms with Gasteiger partial charge in [0, 0.05) is 5.56 Å². The van der Waals surface area contributed by atoms with Gasteiger partial charge in [0.2, 0.25) is 0 Å². The molecule has 0 unspecified atom stereocenters. The van der Waals surface area contributed by atoms with Crippen LogP contribution in [0.4, 0.5) is 13.2 Å². The van der Waals surface area contributed by atoms with E-state index in [1.807, 2.05) is 0 Å². The predicted octanol–water partition coefficient (Wildman–Crippen LogP) is 2.21. The maximum atomic E-state index is 12.5. The van der Waals surface area contributed by atoms with Crippen LogP contribution in [0.3, 0.4) is 0 Å². The zero-order valence-electron chi connectivity index (χ0n) is 8.53. The molecule has 0 bridgehead atoms. The second-order valence-corrected chi connectivity index (χ2v) is 3.30. The van der Waals surface area contributed by atoms with E-state index in [-0.39, 0.29) is 23.8 Å². The van der Waals surface area contributed by atoms with Crippen molar-refractivity contribution in [1.29, 1.82) is 0 Å². The number of rotatable bonds is 2. The van der Waals surface area contributed by atoms with Gasteiger partial charge in [0.25, 0.3) is 5.89 Å². The van der Waals surface area contributed by atoms with E-state index in [9.17, 15) is 13.2 Å². The third kappa shape index (κ3) is 2.44. The predicted molar refractivity (Wildman–Crippen MR) is 52.6 cm³/mol. The summed E-state index contributed by atoms with van der Waals surface area (Å²) in [5.74, 6) is 0.272. The minimum atomic E-state index is -4.40. The van der Waals surface area contributed by atoms with Gasteiger partial charge >= 0.3 is 6.18 Å². The Morgan fingerprint density at radius 1 is 1.29 bits per heavy atom. The third-order valence-corrected chi connectivity index (χ3v) is 2.09. The van der Waals surface area contributed by atoms with Gasteiger partial charge in [-0.25, -0.2) is 0 Å². The standard InChI is InChI=1S/C10H8F3N3O/c11-10(12,13)7-3-1-2-6(4-7)9-15-8(5-14)16-17-9/h1-4H,5,14H2. The second kappa shape index (κ2) is 4.17. The van der Waals surface area contributed by atoms with Crippen molar-refractivity contribution in [3.63, 3.8) is 0 Å². The van der Waals surface area contributed by atoms with Crippen LogP contribution < -0.4 is 5.73 Å². The summed E-state index contributed by atoms with van der Waals surface area (Å²) < 4.78 is 42.2. The molecule has 7 heteroatoms. The Balaban J connectivity index is 2.39.